The summed E-state index contributed by atoms with van der Waals surface area (Å²) in [5.41, 5.74) is 2.59. The van der Waals surface area contributed by atoms with Gasteiger partial charge in [-0.05, 0) is 49.3 Å². The number of pyridine rings is 1. The second-order valence-corrected chi connectivity index (χ2v) is 9.86. The summed E-state index contributed by atoms with van der Waals surface area (Å²) in [7, 11) is 1.90. The van der Waals surface area contributed by atoms with E-state index < -0.39 is 17.6 Å². The molecule has 0 radical (unpaired) electrons. The van der Waals surface area contributed by atoms with Gasteiger partial charge in [0.1, 0.15) is 5.60 Å². The van der Waals surface area contributed by atoms with E-state index in [-0.39, 0.29) is 23.1 Å². The Hall–Kier alpha value is -3.10. The quantitative estimate of drug-likeness (QED) is 0.433. The largest absolute Gasteiger partial charge is 0.382 e. The molecule has 4 heterocycles. The monoisotopic (exact) mass is 479 g/mol. The number of imidazole rings is 1. The minimum absolute atomic E-state index is 0.0193. The fourth-order valence-electron chi connectivity index (χ4n) is 5.51. The lowest BCUT2D eigenvalue weighted by atomic mass is 9.73. The molecule has 1 N–H and O–H groups in total. The molecule has 0 spiro atoms. The van der Waals surface area contributed by atoms with Gasteiger partial charge in [-0.25, -0.2) is 9.97 Å². The van der Waals surface area contributed by atoms with Gasteiger partial charge in [-0.2, -0.15) is 9.49 Å². The molecule has 34 heavy (non-hydrogen) atoms. The first-order chi connectivity index (χ1) is 16.3. The third kappa shape index (κ3) is 3.35. The lowest BCUT2D eigenvalue weighted by Gasteiger charge is -2.35. The normalized spacial score (nSPS) is 23.8. The number of aryl methyl sites for hydroxylation is 1. The van der Waals surface area contributed by atoms with Crippen molar-refractivity contribution in [3.8, 4) is 11.3 Å². The van der Waals surface area contributed by atoms with Crippen LogP contribution >= 0.6 is 11.6 Å². The number of aromatic nitrogens is 5. The van der Waals surface area contributed by atoms with Gasteiger partial charge < -0.3 is 9.67 Å². The van der Waals surface area contributed by atoms with Gasteiger partial charge in [-0.15, -0.1) is 0 Å². The Balaban J connectivity index is 1.20. The predicted molar refractivity (Wildman–Crippen MR) is 125 cm³/mol. The number of nitrogens with zero attached hydrogens (tertiary/aromatic N) is 5. The van der Waals surface area contributed by atoms with Crippen LogP contribution < -0.4 is 0 Å². The number of Topliss-reactive ketones (excluding diaryl/α,β-unsaturated/α-hetero) is 1. The molecular formula is C25H23ClFN5O2. The molecule has 1 fully saturated rings. The van der Waals surface area contributed by atoms with Crippen LogP contribution in [-0.4, -0.2) is 40.8 Å². The molecule has 0 amide bonds. The van der Waals surface area contributed by atoms with Crippen molar-refractivity contribution in [1.82, 2.24) is 24.3 Å². The highest BCUT2D eigenvalue weighted by Gasteiger charge is 2.43. The zero-order chi connectivity index (χ0) is 23.6. The second-order valence-electron chi connectivity index (χ2n) is 9.45. The van der Waals surface area contributed by atoms with E-state index in [2.05, 4.69) is 33.3 Å². The van der Waals surface area contributed by atoms with Crippen molar-refractivity contribution in [2.24, 2.45) is 7.05 Å². The fourth-order valence-corrected chi connectivity index (χ4v) is 5.66. The minimum Gasteiger partial charge on any atom is -0.382 e. The number of ketones is 1. The molecule has 7 nitrogen and oxygen atoms in total. The lowest BCUT2D eigenvalue weighted by Crippen LogP contribution is -2.42. The number of carbonyl (C=O) groups excluding carboxylic acids is 1. The van der Waals surface area contributed by atoms with Gasteiger partial charge in [-0.1, -0.05) is 23.7 Å². The van der Waals surface area contributed by atoms with Crippen LogP contribution in [0.2, 0.25) is 5.02 Å². The summed E-state index contributed by atoms with van der Waals surface area (Å²) in [4.78, 5) is 21.5. The highest BCUT2D eigenvalue weighted by atomic mass is 35.5. The summed E-state index contributed by atoms with van der Waals surface area (Å²) in [6, 6.07) is 7.30. The van der Waals surface area contributed by atoms with E-state index in [0.29, 0.717) is 36.9 Å². The van der Waals surface area contributed by atoms with Crippen molar-refractivity contribution in [1.29, 1.82) is 0 Å². The molecule has 1 aliphatic carbocycles. The van der Waals surface area contributed by atoms with Crippen LogP contribution in [0.1, 0.15) is 55.3 Å². The highest BCUT2D eigenvalue weighted by molar-refractivity contribution is 6.30. The molecule has 1 saturated carbocycles. The summed E-state index contributed by atoms with van der Waals surface area (Å²) in [6.45, 7) is 0. The van der Waals surface area contributed by atoms with Gasteiger partial charge in [0.05, 0.1) is 40.5 Å². The van der Waals surface area contributed by atoms with Crippen LogP contribution in [-0.2, 0) is 11.8 Å². The zero-order valence-electron chi connectivity index (χ0n) is 18.6. The summed E-state index contributed by atoms with van der Waals surface area (Å²) in [5, 5.41) is 16.8. The number of hydrogen-bond acceptors (Lipinski definition) is 5. The Bertz CT molecular complexity index is 1440. The fraction of sp³-hybridized carbons (Fsp3) is 0.360. The van der Waals surface area contributed by atoms with Crippen LogP contribution in [0.25, 0.3) is 22.2 Å². The standard InChI is InChI=1S/C25H23ClFN5O2/c1-31-12-16-3-2-15(8-19(16)30-31)14-4-6-25(34,7-5-14)22(33)10-20-23-17(9-18(26)24(27)29-23)21-11-28-13-32(20)21/h2-3,8-9,11-14,20,34H,4-7,10H2,1H3. The van der Waals surface area contributed by atoms with Gasteiger partial charge in [0.2, 0.25) is 5.95 Å². The van der Waals surface area contributed by atoms with Gasteiger partial charge in [-0.3, -0.25) is 9.48 Å². The van der Waals surface area contributed by atoms with Crippen LogP contribution in [0.4, 0.5) is 4.39 Å². The highest BCUT2D eigenvalue weighted by Crippen LogP contribution is 2.44. The maximum atomic E-state index is 14.1. The number of aliphatic hydroxyl groups is 1. The van der Waals surface area contributed by atoms with E-state index in [1.54, 1.807) is 17.2 Å². The first kappa shape index (κ1) is 21.4. The van der Waals surface area contributed by atoms with E-state index >= 15 is 0 Å². The average molecular weight is 480 g/mol. The van der Waals surface area contributed by atoms with Gasteiger partial charge in [0.25, 0.3) is 0 Å². The number of fused-ring (bicyclic) bond motifs is 4. The third-order valence-corrected chi connectivity index (χ3v) is 7.65. The molecule has 9 heteroatoms. The van der Waals surface area contributed by atoms with Crippen molar-refractivity contribution in [2.45, 2.75) is 49.7 Å². The molecule has 174 valence electrons. The Kier molecular flexibility index (Phi) is 4.86. The molecule has 3 aromatic heterocycles. The van der Waals surface area contributed by atoms with Crippen LogP contribution in [0, 0.1) is 5.95 Å². The van der Waals surface area contributed by atoms with Crippen molar-refractivity contribution in [3.05, 3.63) is 65.2 Å². The maximum Gasteiger partial charge on any atom is 0.231 e. The Morgan fingerprint density at radius 2 is 2.09 bits per heavy atom. The van der Waals surface area contributed by atoms with Crippen LogP contribution in [0.15, 0.2) is 43.0 Å². The van der Waals surface area contributed by atoms with Crippen molar-refractivity contribution >= 4 is 28.3 Å². The molecule has 1 aromatic carbocycles. The van der Waals surface area contributed by atoms with E-state index in [4.69, 9.17) is 11.6 Å². The minimum atomic E-state index is -1.40. The molecule has 0 bridgehead atoms. The van der Waals surface area contributed by atoms with Gasteiger partial charge in [0, 0.05) is 30.6 Å². The van der Waals surface area contributed by atoms with Gasteiger partial charge >= 0.3 is 0 Å². The van der Waals surface area contributed by atoms with Crippen molar-refractivity contribution in [3.63, 3.8) is 0 Å². The Morgan fingerprint density at radius 3 is 2.88 bits per heavy atom. The van der Waals surface area contributed by atoms with Crippen LogP contribution in [0.5, 0.6) is 0 Å². The molecule has 1 aliphatic heterocycles. The smallest absolute Gasteiger partial charge is 0.231 e. The first-order valence-electron chi connectivity index (χ1n) is 11.4. The number of carbonyl (C=O) groups is 1. The lowest BCUT2D eigenvalue weighted by molar-refractivity contribution is -0.141. The average Bonchev–Trinajstić information content (AvgIpc) is 3.50. The summed E-state index contributed by atoms with van der Waals surface area (Å²) < 4.78 is 17.7. The first-order valence-corrected chi connectivity index (χ1v) is 11.8. The number of halogens is 2. The second kappa shape index (κ2) is 7.71. The number of rotatable bonds is 4. The third-order valence-electron chi connectivity index (χ3n) is 7.38. The molecule has 1 atom stereocenters. The molecule has 6 rings (SSSR count). The van der Waals surface area contributed by atoms with E-state index in [1.807, 2.05) is 17.8 Å². The topological polar surface area (TPSA) is 85.8 Å². The van der Waals surface area contributed by atoms with Crippen molar-refractivity contribution < 1.29 is 14.3 Å². The van der Waals surface area contributed by atoms with E-state index in [1.165, 1.54) is 11.6 Å². The van der Waals surface area contributed by atoms with Crippen molar-refractivity contribution in [2.75, 3.05) is 0 Å². The molecule has 2 aliphatic rings. The van der Waals surface area contributed by atoms with Gasteiger partial charge in [0.15, 0.2) is 5.78 Å². The molecule has 1 unspecified atom stereocenters. The number of benzene rings is 1. The number of hydrogen-bond donors (Lipinski definition) is 1. The molecule has 4 aromatic rings. The Labute approximate surface area is 200 Å². The predicted octanol–water partition coefficient (Wildman–Crippen LogP) is 4.58. The van der Waals surface area contributed by atoms with E-state index in [9.17, 15) is 14.3 Å². The van der Waals surface area contributed by atoms with Crippen LogP contribution in [0.3, 0.4) is 0 Å². The summed E-state index contributed by atoms with van der Waals surface area (Å²) >= 11 is 5.94. The zero-order valence-corrected chi connectivity index (χ0v) is 19.3. The summed E-state index contributed by atoms with van der Waals surface area (Å²) in [5.74, 6) is -0.744. The Morgan fingerprint density at radius 1 is 1.29 bits per heavy atom. The molecule has 0 saturated heterocycles. The van der Waals surface area contributed by atoms with E-state index in [0.717, 1.165) is 16.6 Å². The molecular weight excluding hydrogens is 457 g/mol. The maximum absolute atomic E-state index is 14.1. The summed E-state index contributed by atoms with van der Waals surface area (Å²) in [6.07, 6.45) is 7.45. The SMILES string of the molecule is Cn1cc2ccc(C3CCC(O)(C(=O)CC4c5nc(F)c(Cl)cc5-c5cncn54)CC3)cc2n1.